The molecule has 6 nitrogen and oxygen atoms in total. The smallest absolute Gasteiger partial charge is 0.305 e. The number of carbonyl (C=O) groups is 2. The number of aliphatic hydroxyl groups is 2. The number of nitrogens with one attached hydrogen (secondary N) is 1. The van der Waals surface area contributed by atoms with E-state index in [1.807, 2.05) is 6.08 Å². The molecule has 6 heteroatoms. The first-order chi connectivity index (χ1) is 31.5. The van der Waals surface area contributed by atoms with E-state index in [0.717, 1.165) is 38.5 Å². The molecule has 0 spiro atoms. The Labute approximate surface area is 399 Å². The number of aliphatic hydroxyl groups excluding tert-OH is 2. The lowest BCUT2D eigenvalue weighted by molar-refractivity contribution is -0.143. The van der Waals surface area contributed by atoms with Crippen LogP contribution in [0.5, 0.6) is 0 Å². The quantitative estimate of drug-likeness (QED) is 0.0321. The molecule has 1 amide bonds. The van der Waals surface area contributed by atoms with Crippen LogP contribution in [0.4, 0.5) is 0 Å². The van der Waals surface area contributed by atoms with Crippen molar-refractivity contribution in [1.82, 2.24) is 5.32 Å². The van der Waals surface area contributed by atoms with Crippen molar-refractivity contribution >= 4 is 11.9 Å². The van der Waals surface area contributed by atoms with Gasteiger partial charge in [-0.3, -0.25) is 9.59 Å². The Bertz CT molecular complexity index is 997. The van der Waals surface area contributed by atoms with Crippen LogP contribution in [0.2, 0.25) is 0 Å². The minimum absolute atomic E-state index is 0.0126. The molecule has 0 bridgehead atoms. The minimum atomic E-state index is -0.845. The summed E-state index contributed by atoms with van der Waals surface area (Å²) in [5.74, 6) is -0.0608. The molecule has 0 aliphatic heterocycles. The molecular weight excluding hydrogens is 791 g/mol. The van der Waals surface area contributed by atoms with Gasteiger partial charge < -0.3 is 20.3 Å². The summed E-state index contributed by atoms with van der Waals surface area (Å²) in [6, 6.07) is -0.629. The number of ether oxygens (including phenoxy) is 1. The Balaban J connectivity index is 3.40. The van der Waals surface area contributed by atoms with Gasteiger partial charge in [0.1, 0.15) is 0 Å². The van der Waals surface area contributed by atoms with Crippen LogP contribution in [-0.2, 0) is 14.3 Å². The van der Waals surface area contributed by atoms with E-state index < -0.39 is 12.1 Å². The highest BCUT2D eigenvalue weighted by molar-refractivity contribution is 5.76. The maximum absolute atomic E-state index is 12.4. The highest BCUT2D eigenvalue weighted by Crippen LogP contribution is 2.16. The topological polar surface area (TPSA) is 95.9 Å². The number of rotatable bonds is 53. The third-order valence-corrected chi connectivity index (χ3v) is 13.2. The van der Waals surface area contributed by atoms with Gasteiger partial charge in [0.15, 0.2) is 0 Å². The molecule has 0 aliphatic carbocycles. The van der Waals surface area contributed by atoms with Crippen LogP contribution in [0, 0.1) is 0 Å². The summed E-state index contributed by atoms with van der Waals surface area (Å²) in [5, 5.41) is 23.0. The van der Waals surface area contributed by atoms with Crippen molar-refractivity contribution in [2.75, 3.05) is 13.2 Å². The number of allylic oxidation sites excluding steroid dienone is 3. The molecule has 0 aromatic carbocycles. The van der Waals surface area contributed by atoms with Crippen LogP contribution in [-0.4, -0.2) is 47.4 Å². The normalized spacial score (nSPS) is 12.8. The molecule has 2 unspecified atom stereocenters. The van der Waals surface area contributed by atoms with Gasteiger partial charge in [0.05, 0.1) is 25.4 Å². The Morgan fingerprint density at radius 2 is 0.734 bits per heavy atom. The van der Waals surface area contributed by atoms with Crippen LogP contribution < -0.4 is 5.32 Å². The van der Waals surface area contributed by atoms with Gasteiger partial charge in [-0.25, -0.2) is 0 Å². The van der Waals surface area contributed by atoms with Gasteiger partial charge in [0.2, 0.25) is 5.91 Å². The summed E-state index contributed by atoms with van der Waals surface area (Å²) in [7, 11) is 0. The van der Waals surface area contributed by atoms with E-state index in [0.29, 0.717) is 19.4 Å². The Kier molecular flexibility index (Phi) is 52.6. The van der Waals surface area contributed by atoms with Crippen LogP contribution in [0.25, 0.3) is 0 Å². The number of amides is 1. The van der Waals surface area contributed by atoms with Crippen LogP contribution in [0.3, 0.4) is 0 Å². The van der Waals surface area contributed by atoms with E-state index in [9.17, 15) is 19.8 Å². The first-order valence-electron chi connectivity index (χ1n) is 28.6. The van der Waals surface area contributed by atoms with E-state index in [1.54, 1.807) is 6.08 Å². The van der Waals surface area contributed by atoms with Gasteiger partial charge in [-0.2, -0.15) is 0 Å². The van der Waals surface area contributed by atoms with E-state index in [-0.39, 0.29) is 18.5 Å². The second-order valence-corrected chi connectivity index (χ2v) is 19.6. The summed E-state index contributed by atoms with van der Waals surface area (Å²) < 4.78 is 5.47. The van der Waals surface area contributed by atoms with Crippen molar-refractivity contribution in [1.29, 1.82) is 0 Å². The van der Waals surface area contributed by atoms with Crippen molar-refractivity contribution < 1.29 is 24.5 Å². The minimum Gasteiger partial charge on any atom is -0.466 e. The predicted molar refractivity (Wildman–Crippen MR) is 278 cm³/mol. The molecule has 0 aromatic heterocycles. The van der Waals surface area contributed by atoms with Gasteiger partial charge in [0.25, 0.3) is 0 Å². The van der Waals surface area contributed by atoms with Crippen molar-refractivity contribution in [2.24, 2.45) is 0 Å². The van der Waals surface area contributed by atoms with Crippen molar-refractivity contribution in [3.8, 4) is 0 Å². The highest BCUT2D eigenvalue weighted by atomic mass is 16.5. The summed E-state index contributed by atoms with van der Waals surface area (Å²) >= 11 is 0. The lowest BCUT2D eigenvalue weighted by Gasteiger charge is -2.20. The van der Waals surface area contributed by atoms with E-state index in [2.05, 4.69) is 31.3 Å². The molecule has 0 fully saturated rings. The zero-order valence-electron chi connectivity index (χ0n) is 43.0. The van der Waals surface area contributed by atoms with Gasteiger partial charge in [0, 0.05) is 12.8 Å². The number of hydrogen-bond acceptors (Lipinski definition) is 5. The first kappa shape index (κ1) is 62.3. The molecule has 0 saturated heterocycles. The summed E-state index contributed by atoms with van der Waals surface area (Å²) in [6.45, 7) is 4.89. The number of carbonyl (C=O) groups excluding carboxylic acids is 2. The summed E-state index contributed by atoms with van der Waals surface area (Å²) in [6.07, 6.45) is 64.9. The zero-order chi connectivity index (χ0) is 46.5. The largest absolute Gasteiger partial charge is 0.466 e. The number of hydrogen-bond donors (Lipinski definition) is 3. The Morgan fingerprint density at radius 1 is 0.422 bits per heavy atom. The molecule has 0 radical (unpaired) electrons. The number of esters is 1. The average Bonchev–Trinajstić information content (AvgIpc) is 3.29. The van der Waals surface area contributed by atoms with Gasteiger partial charge >= 0.3 is 5.97 Å². The fourth-order valence-corrected chi connectivity index (χ4v) is 8.81. The molecule has 0 aliphatic rings. The highest BCUT2D eigenvalue weighted by Gasteiger charge is 2.18. The second kappa shape index (κ2) is 54.0. The van der Waals surface area contributed by atoms with E-state index in [1.165, 1.54) is 244 Å². The summed E-state index contributed by atoms with van der Waals surface area (Å²) in [4.78, 5) is 24.4. The molecule has 3 N–H and O–H groups in total. The van der Waals surface area contributed by atoms with E-state index in [4.69, 9.17) is 4.74 Å². The molecule has 378 valence electrons. The van der Waals surface area contributed by atoms with Crippen molar-refractivity contribution in [3.05, 3.63) is 24.3 Å². The molecule has 0 aromatic rings. The molecule has 0 heterocycles. The predicted octanol–water partition coefficient (Wildman–Crippen LogP) is 17.5. The molecule has 0 rings (SSSR count). The monoisotopic (exact) mass is 902 g/mol. The Hall–Kier alpha value is -1.66. The lowest BCUT2D eigenvalue weighted by Crippen LogP contribution is -2.45. The van der Waals surface area contributed by atoms with Crippen molar-refractivity contribution in [2.45, 2.75) is 321 Å². The summed E-state index contributed by atoms with van der Waals surface area (Å²) in [5.41, 5.74) is 0. The SMILES string of the molecule is CCCCCCCCCCC/C=C/C(O)C(CO)NC(=O)CCCCCCCCCC/C=C\CCCCCCCCCCCCCCOC(=O)CCCCCCCCCCCCCC. The molecular formula is C58H111NO5. The maximum Gasteiger partial charge on any atom is 0.305 e. The van der Waals surface area contributed by atoms with Gasteiger partial charge in [-0.15, -0.1) is 0 Å². The molecule has 0 saturated carbocycles. The van der Waals surface area contributed by atoms with E-state index >= 15 is 0 Å². The fraction of sp³-hybridized carbons (Fsp3) is 0.897. The molecule has 2 atom stereocenters. The Morgan fingerprint density at radius 3 is 1.11 bits per heavy atom. The molecule has 64 heavy (non-hydrogen) atoms. The standard InChI is InChI=1S/C58H111NO5/c1-3-5-7-9-11-13-15-32-36-40-44-48-52-58(63)64-53-49-45-41-37-33-29-27-25-23-21-19-17-16-18-20-22-24-26-28-31-35-39-43-47-51-57(62)59-55(54-60)56(61)50-46-42-38-34-30-14-12-10-8-6-4-2/h18,20,46,50,55-56,60-61H,3-17,19,21-45,47-49,51-54H2,1-2H3,(H,59,62)/b20-18-,50-46+. The van der Waals surface area contributed by atoms with Crippen LogP contribution in [0.15, 0.2) is 24.3 Å². The zero-order valence-corrected chi connectivity index (χ0v) is 43.0. The van der Waals surface area contributed by atoms with Crippen molar-refractivity contribution in [3.63, 3.8) is 0 Å². The third-order valence-electron chi connectivity index (χ3n) is 13.2. The maximum atomic E-state index is 12.4. The first-order valence-corrected chi connectivity index (χ1v) is 28.6. The van der Waals surface area contributed by atoms with Crippen LogP contribution in [0.1, 0.15) is 309 Å². The van der Waals surface area contributed by atoms with Crippen LogP contribution >= 0.6 is 0 Å². The lowest BCUT2D eigenvalue weighted by atomic mass is 10.0. The third kappa shape index (κ3) is 49.8. The second-order valence-electron chi connectivity index (χ2n) is 19.6. The van der Waals surface area contributed by atoms with Gasteiger partial charge in [-0.05, 0) is 57.8 Å². The number of unbranched alkanes of at least 4 members (excludes halogenated alkanes) is 40. The van der Waals surface area contributed by atoms with Gasteiger partial charge in [-0.1, -0.05) is 263 Å². The average molecular weight is 903 g/mol. The fourth-order valence-electron chi connectivity index (χ4n) is 8.81.